The molecule has 24 N–H and O–H groups in total. The number of aromatic amines is 1. The Morgan fingerprint density at radius 3 is 1.51 bits per heavy atom. The lowest BCUT2D eigenvalue weighted by Gasteiger charge is -2.42. The van der Waals surface area contributed by atoms with E-state index in [9.17, 15) is 118 Å². The minimum atomic E-state index is -2.21. The van der Waals surface area contributed by atoms with Crippen molar-refractivity contribution in [1.82, 2.24) is 73.8 Å². The van der Waals surface area contributed by atoms with Crippen LogP contribution in [0.15, 0.2) is 12.5 Å². The van der Waals surface area contributed by atoms with Crippen LogP contribution < -0.4 is 69.5 Å². The molecule has 42 heteroatoms. The van der Waals surface area contributed by atoms with E-state index in [1.165, 1.54) is 47.1 Å². The fourth-order valence-electron chi connectivity index (χ4n) is 8.80. The van der Waals surface area contributed by atoms with Crippen molar-refractivity contribution in [2.75, 3.05) is 33.0 Å². The Balaban J connectivity index is 2.42. The first-order chi connectivity index (χ1) is 45.3. The average molecular weight is 1390 g/mol. The Kier molecular flexibility index (Phi) is 35.1. The van der Waals surface area contributed by atoms with E-state index < -0.39 is 269 Å². The average Bonchev–Trinajstić information content (AvgIpc) is 1.10. The number of hydrogen-bond donors (Lipinski definition) is 23. The van der Waals surface area contributed by atoms with Gasteiger partial charge in [-0.15, -0.1) is 0 Å². The van der Waals surface area contributed by atoms with Crippen LogP contribution in [-0.2, 0) is 92.6 Å². The Morgan fingerprint density at radius 1 is 0.557 bits per heavy atom. The fourth-order valence-corrected chi connectivity index (χ4v) is 8.80. The van der Waals surface area contributed by atoms with Gasteiger partial charge in [0, 0.05) is 38.1 Å². The molecule has 1 saturated heterocycles. The first-order valence-electron chi connectivity index (χ1n) is 30.0. The van der Waals surface area contributed by atoms with Crippen LogP contribution in [0.25, 0.3) is 0 Å². The normalized spacial score (nSPS) is 19.3. The third-order valence-corrected chi connectivity index (χ3v) is 14.3. The SMILES string of the molecule is CC(=O)N[C@H]1[C@H](OC[C@H](NC(=O)[C@H](CO)NC(=O)[C@@H](NC(=O)[C@H](C)NC(=O)[C@H](Cc2cnc[nH]2)NC(=O)[C@@H](N)CO)C(C)C)C(=O)N[C@@H](CC(=O)O)C(=O)NCC(=O)N[C@@H](CCC(=O)O)C(=O)N[C@@H](C)C(=O)N[C@H](C(=O)N[C@@H](CCC(=O)O)C(=O)O)C(C)C)O[C@H](CO)[C@@H](O)[C@@H]1O. The molecule has 42 nitrogen and oxygen atoms in total. The summed E-state index contributed by atoms with van der Waals surface area (Å²) in [6, 6.07) is -20.5. The quantitative estimate of drug-likeness (QED) is 0.0289. The summed E-state index contributed by atoms with van der Waals surface area (Å²) >= 11 is 0. The molecule has 0 unspecified atom stereocenters. The van der Waals surface area contributed by atoms with Gasteiger partial charge < -0.3 is 130 Å². The Bertz CT molecular complexity index is 2940. The third-order valence-electron chi connectivity index (χ3n) is 14.3. The van der Waals surface area contributed by atoms with Crippen LogP contribution in [0.3, 0.4) is 0 Å². The molecule has 97 heavy (non-hydrogen) atoms. The van der Waals surface area contributed by atoms with E-state index >= 15 is 0 Å². The molecule has 0 aliphatic carbocycles. The predicted molar refractivity (Wildman–Crippen MR) is 323 cm³/mol. The molecule has 544 valence electrons. The number of nitrogens with one attached hydrogen (secondary N) is 13. The molecule has 0 bridgehead atoms. The second kappa shape index (κ2) is 40.7. The van der Waals surface area contributed by atoms with Crippen LogP contribution in [0.4, 0.5) is 0 Å². The number of nitrogens with zero attached hydrogens (tertiary/aromatic N) is 1. The summed E-state index contributed by atoms with van der Waals surface area (Å²) < 4.78 is 11.2. The Morgan fingerprint density at radius 2 is 1.04 bits per heavy atom. The number of H-pyrrole nitrogens is 1. The molecule has 0 spiro atoms. The van der Waals surface area contributed by atoms with Gasteiger partial charge in [0.15, 0.2) is 6.29 Å². The van der Waals surface area contributed by atoms with E-state index in [2.05, 4.69) is 63.1 Å². The summed E-state index contributed by atoms with van der Waals surface area (Å²) in [6.45, 7) is 3.76. The number of aliphatic carboxylic acids is 4. The molecule has 0 saturated carbocycles. The predicted octanol–water partition coefficient (Wildman–Crippen LogP) is -11.2. The number of carboxylic acid groups (broad SMARTS) is 4. The number of aliphatic hydroxyl groups is 5. The van der Waals surface area contributed by atoms with Gasteiger partial charge in [-0.05, 0) is 38.5 Å². The maximum Gasteiger partial charge on any atom is 0.326 e. The van der Waals surface area contributed by atoms with Crippen LogP contribution in [0.5, 0.6) is 0 Å². The summed E-state index contributed by atoms with van der Waals surface area (Å²) in [5, 5.41) is 115. The fraction of sp³-hybridized carbons (Fsp3) is 0.655. The van der Waals surface area contributed by atoms with Gasteiger partial charge in [0.05, 0.1) is 45.7 Å². The summed E-state index contributed by atoms with van der Waals surface area (Å²) in [5.41, 5.74) is 5.97. The van der Waals surface area contributed by atoms with Crippen molar-refractivity contribution in [2.24, 2.45) is 17.6 Å². The number of rotatable bonds is 42. The highest BCUT2D eigenvalue weighted by atomic mass is 16.7. The highest BCUT2D eigenvalue weighted by molar-refractivity contribution is 5.99. The van der Waals surface area contributed by atoms with Gasteiger partial charge in [-0.25, -0.2) is 9.78 Å². The highest BCUT2D eigenvalue weighted by Crippen LogP contribution is 2.23. The number of carbonyl (C=O) groups excluding carboxylic acids is 12. The van der Waals surface area contributed by atoms with E-state index in [-0.39, 0.29) is 6.42 Å². The zero-order chi connectivity index (χ0) is 73.7. The minimum absolute atomic E-state index is 0.194. The Labute approximate surface area is 552 Å². The summed E-state index contributed by atoms with van der Waals surface area (Å²) in [4.78, 5) is 214. The van der Waals surface area contributed by atoms with E-state index in [0.717, 1.165) is 13.8 Å². The second-order valence-corrected chi connectivity index (χ2v) is 22.9. The number of carboxylic acids is 4. The van der Waals surface area contributed by atoms with Crippen molar-refractivity contribution in [3.63, 3.8) is 0 Å². The largest absolute Gasteiger partial charge is 0.481 e. The van der Waals surface area contributed by atoms with Crippen LogP contribution in [0.2, 0.25) is 0 Å². The molecule has 1 aromatic heterocycles. The van der Waals surface area contributed by atoms with Crippen LogP contribution in [0.1, 0.15) is 86.3 Å². The van der Waals surface area contributed by atoms with Crippen molar-refractivity contribution in [1.29, 1.82) is 0 Å². The molecule has 2 heterocycles. The van der Waals surface area contributed by atoms with Crippen molar-refractivity contribution in [3.8, 4) is 0 Å². The first-order valence-corrected chi connectivity index (χ1v) is 30.0. The zero-order valence-electron chi connectivity index (χ0n) is 53.7. The monoisotopic (exact) mass is 1390 g/mol. The van der Waals surface area contributed by atoms with Crippen LogP contribution in [-0.4, -0.2) is 281 Å². The maximum atomic E-state index is 14.3. The van der Waals surface area contributed by atoms with E-state index in [1.54, 1.807) is 0 Å². The van der Waals surface area contributed by atoms with Gasteiger partial charge in [-0.2, -0.15) is 0 Å². The number of imidazole rings is 1. The lowest BCUT2D eigenvalue weighted by Crippen LogP contribution is -2.65. The number of amides is 12. The van der Waals surface area contributed by atoms with Crippen molar-refractivity contribution in [2.45, 2.75) is 184 Å². The molecule has 1 aliphatic heterocycles. The number of hydrogen-bond acceptors (Lipinski definition) is 25. The zero-order valence-corrected chi connectivity index (χ0v) is 53.7. The molecule has 1 aromatic rings. The third kappa shape index (κ3) is 28.3. The van der Waals surface area contributed by atoms with Gasteiger partial charge in [-0.1, -0.05) is 27.7 Å². The maximum absolute atomic E-state index is 14.3. The van der Waals surface area contributed by atoms with Gasteiger partial charge in [-0.3, -0.25) is 71.9 Å². The van der Waals surface area contributed by atoms with Gasteiger partial charge in [0.25, 0.3) is 0 Å². The number of nitrogens with two attached hydrogens (primary N) is 1. The molecule has 0 radical (unpaired) electrons. The van der Waals surface area contributed by atoms with Crippen LogP contribution in [0, 0.1) is 11.8 Å². The number of aromatic nitrogens is 2. The summed E-state index contributed by atoms with van der Waals surface area (Å²) in [7, 11) is 0. The van der Waals surface area contributed by atoms with Gasteiger partial charge >= 0.3 is 23.9 Å². The summed E-state index contributed by atoms with van der Waals surface area (Å²) in [5.74, 6) is -21.6. The van der Waals surface area contributed by atoms with Crippen molar-refractivity contribution < 1.29 is 132 Å². The molecule has 1 aliphatic rings. The van der Waals surface area contributed by atoms with Crippen molar-refractivity contribution in [3.05, 3.63) is 18.2 Å². The molecule has 2 rings (SSSR count). The topological polar surface area (TPSA) is 673 Å². The van der Waals surface area contributed by atoms with Crippen molar-refractivity contribution >= 4 is 94.8 Å². The highest BCUT2D eigenvalue weighted by Gasteiger charge is 2.46. The second-order valence-electron chi connectivity index (χ2n) is 22.9. The van der Waals surface area contributed by atoms with E-state index in [4.69, 9.17) is 20.3 Å². The smallest absolute Gasteiger partial charge is 0.326 e. The molecular weight excluding hydrogens is 1300 g/mol. The number of carbonyl (C=O) groups is 16. The molecule has 12 amide bonds. The standard InChI is InChI=1S/C55H87N15O27/c1-21(2)39(52(92)64-29(54(94)95)9-11-37(78)79)69-44(84)23(5)60-48(88)28(8-10-36(76)77)63-35(75)15-58-47(87)31(13-38(80)81)66-51(91)33(19-96-55-41(62-25(7)74)43(83)42(82)34(18-73)97-55)68-50(90)32(17-72)67-53(93)40(22(3)4)70-45(85)24(6)61-49(89)30(12-26-14-57-20-59-26)65-46(86)27(56)16-71/h14,20-24,27-34,39-43,55,71-73,82-83H,8-13,15-19,56H2,1-7H3,(H,57,59)(H,58,87)(H,60,88)(H,61,89)(H,62,74)(H,63,75)(H,64,92)(H,65,86)(H,66,91)(H,67,93)(H,68,90)(H,69,84)(H,70,85)(H,76,77)(H,78,79)(H,80,81)(H,94,95)/t23-,24-,27-,28-,29-,30-,31-,32-,33-,34+,39-,40-,41+,42+,43+,55+/m0/s1. The number of aliphatic hydroxyl groups excluding tert-OH is 5. The molecular formula is C55H87N15O27. The molecule has 1 fully saturated rings. The number of ether oxygens (including phenoxy) is 2. The minimum Gasteiger partial charge on any atom is -0.481 e. The lowest BCUT2D eigenvalue weighted by atomic mass is 9.97. The lowest BCUT2D eigenvalue weighted by molar-refractivity contribution is -0.271. The molecule has 16 atom stereocenters. The van der Waals surface area contributed by atoms with Crippen LogP contribution >= 0.6 is 0 Å². The van der Waals surface area contributed by atoms with Gasteiger partial charge in [0.1, 0.15) is 90.8 Å². The Hall–Kier alpha value is -9.59. The first kappa shape index (κ1) is 83.5. The van der Waals surface area contributed by atoms with E-state index in [1.807, 2.05) is 10.6 Å². The summed E-state index contributed by atoms with van der Waals surface area (Å²) in [6.07, 6.45) is -8.78. The van der Waals surface area contributed by atoms with E-state index in [0.29, 0.717) is 5.69 Å². The van der Waals surface area contributed by atoms with Gasteiger partial charge in [0.2, 0.25) is 70.9 Å². The molecule has 0 aromatic carbocycles.